The van der Waals surface area contributed by atoms with Crippen molar-refractivity contribution in [3.63, 3.8) is 0 Å². The maximum absolute atomic E-state index is 12.9. The van der Waals surface area contributed by atoms with Crippen LogP contribution < -0.4 is 16.6 Å². The largest absolute Gasteiger partial charge is 0.467 e. The van der Waals surface area contributed by atoms with Crippen LogP contribution in [-0.2, 0) is 32.0 Å². The van der Waals surface area contributed by atoms with E-state index in [1.807, 2.05) is 31.2 Å². The first-order chi connectivity index (χ1) is 15.3. The second-order valence-corrected chi connectivity index (χ2v) is 8.43. The molecule has 0 saturated heterocycles. The molecule has 4 aromatic rings. The SMILES string of the molecule is Cc1ccc(Cn2c(SCC(=O)NCc3ccco3)nc3c2c(=O)n(C)c(=O)n3C)cc1. The van der Waals surface area contributed by atoms with E-state index in [4.69, 9.17) is 4.42 Å². The molecule has 3 heterocycles. The molecule has 0 aliphatic rings. The zero-order valence-corrected chi connectivity index (χ0v) is 18.8. The molecule has 1 amide bonds. The minimum absolute atomic E-state index is 0.103. The number of furan rings is 1. The highest BCUT2D eigenvalue weighted by Crippen LogP contribution is 2.23. The highest BCUT2D eigenvalue weighted by Gasteiger charge is 2.20. The lowest BCUT2D eigenvalue weighted by atomic mass is 10.1. The van der Waals surface area contributed by atoms with Gasteiger partial charge in [-0.1, -0.05) is 41.6 Å². The molecule has 9 nitrogen and oxygen atoms in total. The summed E-state index contributed by atoms with van der Waals surface area (Å²) in [5, 5.41) is 3.29. The zero-order valence-electron chi connectivity index (χ0n) is 18.0. The lowest BCUT2D eigenvalue weighted by Crippen LogP contribution is -2.37. The Bertz CT molecular complexity index is 1380. The highest BCUT2D eigenvalue weighted by atomic mass is 32.2. The average molecular weight is 454 g/mol. The van der Waals surface area contributed by atoms with Crippen molar-refractivity contribution in [2.75, 3.05) is 5.75 Å². The summed E-state index contributed by atoms with van der Waals surface area (Å²) in [6.07, 6.45) is 1.55. The third-order valence-corrected chi connectivity index (χ3v) is 6.12. The molecule has 0 aliphatic heterocycles. The highest BCUT2D eigenvalue weighted by molar-refractivity contribution is 7.99. The maximum Gasteiger partial charge on any atom is 0.332 e. The molecule has 32 heavy (non-hydrogen) atoms. The van der Waals surface area contributed by atoms with E-state index in [0.29, 0.717) is 35.2 Å². The summed E-state index contributed by atoms with van der Waals surface area (Å²) >= 11 is 1.22. The van der Waals surface area contributed by atoms with Crippen LogP contribution in [0, 0.1) is 6.92 Å². The molecule has 0 atom stereocenters. The fraction of sp³-hybridized carbons (Fsp3) is 0.273. The van der Waals surface area contributed by atoms with Gasteiger partial charge in [0.25, 0.3) is 5.56 Å². The number of aryl methyl sites for hydroxylation is 2. The maximum atomic E-state index is 12.9. The fourth-order valence-corrected chi connectivity index (χ4v) is 4.16. The molecule has 0 unspecified atom stereocenters. The summed E-state index contributed by atoms with van der Waals surface area (Å²) in [4.78, 5) is 42.2. The normalized spacial score (nSPS) is 11.2. The summed E-state index contributed by atoms with van der Waals surface area (Å²) in [7, 11) is 3.03. The number of hydrogen-bond donors (Lipinski definition) is 1. The van der Waals surface area contributed by atoms with Crippen molar-refractivity contribution in [2.24, 2.45) is 14.1 Å². The second-order valence-electron chi connectivity index (χ2n) is 7.49. The number of nitrogens with one attached hydrogen (secondary N) is 1. The summed E-state index contributed by atoms with van der Waals surface area (Å²) in [5.74, 6) is 0.572. The van der Waals surface area contributed by atoms with Crippen LogP contribution in [0.1, 0.15) is 16.9 Å². The molecule has 1 N–H and O–H groups in total. The predicted octanol–water partition coefficient (Wildman–Crippen LogP) is 1.79. The molecular weight excluding hydrogens is 430 g/mol. The molecule has 0 aliphatic carbocycles. The Labute approximate surface area is 187 Å². The third kappa shape index (κ3) is 4.26. The van der Waals surface area contributed by atoms with Crippen molar-refractivity contribution < 1.29 is 9.21 Å². The number of carbonyl (C=O) groups is 1. The number of amides is 1. The van der Waals surface area contributed by atoms with Gasteiger partial charge in [0.15, 0.2) is 16.3 Å². The number of aromatic nitrogens is 4. The Hall–Kier alpha value is -3.53. The fourth-order valence-electron chi connectivity index (χ4n) is 3.34. The Morgan fingerprint density at radius 2 is 1.88 bits per heavy atom. The quantitative estimate of drug-likeness (QED) is 0.428. The zero-order chi connectivity index (χ0) is 22.8. The van der Waals surface area contributed by atoms with Gasteiger partial charge in [0.05, 0.1) is 25.1 Å². The van der Waals surface area contributed by atoms with Crippen molar-refractivity contribution in [1.82, 2.24) is 24.0 Å². The first-order valence-electron chi connectivity index (χ1n) is 9.99. The summed E-state index contributed by atoms with van der Waals surface area (Å²) in [5.41, 5.74) is 1.87. The van der Waals surface area contributed by atoms with Gasteiger partial charge in [-0.25, -0.2) is 9.78 Å². The first-order valence-corrected chi connectivity index (χ1v) is 11.0. The van der Waals surface area contributed by atoms with Crippen molar-refractivity contribution in [3.8, 4) is 0 Å². The molecule has 4 rings (SSSR count). The van der Waals surface area contributed by atoms with Crippen LogP contribution >= 0.6 is 11.8 Å². The smallest absolute Gasteiger partial charge is 0.332 e. The number of imidazole rings is 1. The Morgan fingerprint density at radius 1 is 1.12 bits per heavy atom. The number of hydrogen-bond acceptors (Lipinski definition) is 6. The summed E-state index contributed by atoms with van der Waals surface area (Å²) in [6, 6.07) is 11.5. The van der Waals surface area contributed by atoms with Crippen molar-refractivity contribution in [2.45, 2.75) is 25.2 Å². The van der Waals surface area contributed by atoms with Gasteiger partial charge in [-0.15, -0.1) is 0 Å². The standard InChI is InChI=1S/C22H23N5O4S/c1-14-6-8-15(9-7-14)12-27-18-19(25(2)22(30)26(3)20(18)29)24-21(27)32-13-17(28)23-11-16-5-4-10-31-16/h4-10H,11-13H2,1-3H3,(H,23,28). The predicted molar refractivity (Wildman–Crippen MR) is 122 cm³/mol. The monoisotopic (exact) mass is 453 g/mol. The lowest BCUT2D eigenvalue weighted by molar-refractivity contribution is -0.118. The summed E-state index contributed by atoms with van der Waals surface area (Å²) < 4.78 is 9.41. The molecule has 166 valence electrons. The number of fused-ring (bicyclic) bond motifs is 1. The van der Waals surface area contributed by atoms with Crippen LogP contribution in [-0.4, -0.2) is 30.3 Å². The molecular formula is C22H23N5O4S. The number of nitrogens with zero attached hydrogens (tertiary/aromatic N) is 4. The van der Waals surface area contributed by atoms with Gasteiger partial charge < -0.3 is 14.3 Å². The van der Waals surface area contributed by atoms with Crippen LogP contribution in [0.2, 0.25) is 0 Å². The van der Waals surface area contributed by atoms with Crippen LogP contribution in [0.3, 0.4) is 0 Å². The minimum atomic E-state index is -0.449. The van der Waals surface area contributed by atoms with Gasteiger partial charge >= 0.3 is 5.69 Å². The van der Waals surface area contributed by atoms with E-state index in [-0.39, 0.29) is 11.7 Å². The number of rotatable bonds is 7. The van der Waals surface area contributed by atoms with E-state index in [1.54, 1.807) is 30.0 Å². The molecule has 1 aromatic carbocycles. The third-order valence-electron chi connectivity index (χ3n) is 5.15. The van der Waals surface area contributed by atoms with Crippen molar-refractivity contribution in [3.05, 3.63) is 80.4 Å². The van der Waals surface area contributed by atoms with E-state index in [9.17, 15) is 14.4 Å². The number of thioether (sulfide) groups is 1. The van der Waals surface area contributed by atoms with Crippen LogP contribution in [0.5, 0.6) is 0 Å². The molecule has 0 fully saturated rings. The first kappa shape index (κ1) is 21.7. The van der Waals surface area contributed by atoms with E-state index < -0.39 is 11.2 Å². The molecule has 0 bridgehead atoms. The Kier molecular flexibility index (Phi) is 6.04. The molecule has 0 spiro atoms. The van der Waals surface area contributed by atoms with Crippen molar-refractivity contribution in [1.29, 1.82) is 0 Å². The van der Waals surface area contributed by atoms with E-state index >= 15 is 0 Å². The van der Waals surface area contributed by atoms with Gasteiger partial charge in [0.2, 0.25) is 5.91 Å². The van der Waals surface area contributed by atoms with Crippen LogP contribution in [0.4, 0.5) is 0 Å². The number of benzene rings is 1. The van der Waals surface area contributed by atoms with Crippen LogP contribution in [0.25, 0.3) is 11.2 Å². The van der Waals surface area contributed by atoms with Gasteiger partial charge in [0.1, 0.15) is 5.76 Å². The van der Waals surface area contributed by atoms with Gasteiger partial charge in [-0.05, 0) is 24.6 Å². The minimum Gasteiger partial charge on any atom is -0.467 e. The average Bonchev–Trinajstić information content (AvgIpc) is 3.43. The lowest BCUT2D eigenvalue weighted by Gasteiger charge is -2.10. The van der Waals surface area contributed by atoms with Crippen LogP contribution in [0.15, 0.2) is 61.8 Å². The number of carbonyl (C=O) groups excluding carboxylic acids is 1. The van der Waals surface area contributed by atoms with Gasteiger partial charge in [-0.3, -0.25) is 18.7 Å². The molecule has 3 aromatic heterocycles. The molecule has 0 radical (unpaired) electrons. The van der Waals surface area contributed by atoms with Gasteiger partial charge in [-0.2, -0.15) is 0 Å². The van der Waals surface area contributed by atoms with Crippen molar-refractivity contribution >= 4 is 28.8 Å². The van der Waals surface area contributed by atoms with E-state index in [0.717, 1.165) is 15.7 Å². The Balaban J connectivity index is 1.67. The topological polar surface area (TPSA) is 104 Å². The molecule has 0 saturated carbocycles. The summed E-state index contributed by atoms with van der Waals surface area (Å²) in [6.45, 7) is 2.69. The van der Waals surface area contributed by atoms with E-state index in [2.05, 4.69) is 10.3 Å². The van der Waals surface area contributed by atoms with Gasteiger partial charge in [0, 0.05) is 14.1 Å². The molecule has 10 heteroatoms. The Morgan fingerprint density at radius 3 is 2.56 bits per heavy atom. The van der Waals surface area contributed by atoms with E-state index in [1.165, 1.54) is 23.4 Å². The second kappa shape index (κ2) is 8.91.